The summed E-state index contributed by atoms with van der Waals surface area (Å²) in [4.78, 5) is 16.9. The minimum Gasteiger partial charge on any atom is -0.344 e. The molecule has 0 saturated heterocycles. The van der Waals surface area contributed by atoms with Gasteiger partial charge in [0, 0.05) is 31.9 Å². The maximum atomic E-state index is 11.1. The average molecular weight is 230 g/mol. The molecule has 5 heteroatoms. The van der Waals surface area contributed by atoms with Crippen LogP contribution >= 0.6 is 12.4 Å². The Labute approximate surface area is 95.9 Å². The highest BCUT2D eigenvalue weighted by molar-refractivity contribution is 5.85. The first-order chi connectivity index (χ1) is 6.74. The first kappa shape index (κ1) is 13.9. The standard InChI is InChI=1S/C10H15N3O.ClH/c1-13(10(14)8-11)7-5-9-4-2-3-6-12-9;/h2-4,6H,5,7-8,11H2,1H3;1H. The molecule has 1 aromatic rings. The van der Waals surface area contributed by atoms with Gasteiger partial charge in [-0.3, -0.25) is 9.78 Å². The van der Waals surface area contributed by atoms with Gasteiger partial charge in [-0.1, -0.05) is 6.07 Å². The zero-order chi connectivity index (χ0) is 10.4. The van der Waals surface area contributed by atoms with Gasteiger partial charge in [-0.25, -0.2) is 0 Å². The Morgan fingerprint density at radius 3 is 2.80 bits per heavy atom. The van der Waals surface area contributed by atoms with Crippen LogP contribution in [-0.2, 0) is 11.2 Å². The molecule has 1 heterocycles. The molecule has 1 aromatic heterocycles. The molecular formula is C10H16ClN3O. The van der Waals surface area contributed by atoms with E-state index >= 15 is 0 Å². The maximum absolute atomic E-state index is 11.1. The molecule has 1 rings (SSSR count). The average Bonchev–Trinajstić information content (AvgIpc) is 2.26. The number of hydrogen-bond donors (Lipinski definition) is 1. The minimum atomic E-state index is -0.0408. The molecule has 0 atom stereocenters. The Morgan fingerprint density at radius 1 is 1.53 bits per heavy atom. The van der Waals surface area contributed by atoms with E-state index in [1.54, 1.807) is 18.1 Å². The quantitative estimate of drug-likeness (QED) is 0.816. The van der Waals surface area contributed by atoms with Crippen molar-refractivity contribution in [2.45, 2.75) is 6.42 Å². The van der Waals surface area contributed by atoms with Crippen molar-refractivity contribution < 1.29 is 4.79 Å². The Balaban J connectivity index is 0.00000196. The summed E-state index contributed by atoms with van der Waals surface area (Å²) in [5.74, 6) is -0.0408. The van der Waals surface area contributed by atoms with E-state index in [0.29, 0.717) is 6.54 Å². The molecule has 0 radical (unpaired) electrons. The molecule has 0 aliphatic carbocycles. The number of nitrogens with two attached hydrogens (primary N) is 1. The predicted molar refractivity (Wildman–Crippen MR) is 61.9 cm³/mol. The van der Waals surface area contributed by atoms with Crippen LogP contribution in [0.1, 0.15) is 5.69 Å². The van der Waals surface area contributed by atoms with Crippen LogP contribution in [0, 0.1) is 0 Å². The van der Waals surface area contributed by atoms with Crippen LogP contribution in [-0.4, -0.2) is 35.9 Å². The van der Waals surface area contributed by atoms with Gasteiger partial charge < -0.3 is 10.6 Å². The number of nitrogens with zero attached hydrogens (tertiary/aromatic N) is 2. The van der Waals surface area contributed by atoms with Gasteiger partial charge in [0.1, 0.15) is 0 Å². The third-order valence-corrected chi connectivity index (χ3v) is 2.03. The van der Waals surface area contributed by atoms with Gasteiger partial charge in [0.25, 0.3) is 0 Å². The van der Waals surface area contributed by atoms with Gasteiger partial charge in [-0.15, -0.1) is 12.4 Å². The van der Waals surface area contributed by atoms with Gasteiger partial charge >= 0.3 is 0 Å². The first-order valence-corrected chi connectivity index (χ1v) is 4.58. The minimum absolute atomic E-state index is 0. The molecule has 0 spiro atoms. The van der Waals surface area contributed by atoms with E-state index < -0.39 is 0 Å². The molecule has 0 aromatic carbocycles. The summed E-state index contributed by atoms with van der Waals surface area (Å²) in [6, 6.07) is 5.76. The number of amides is 1. The normalized spacial score (nSPS) is 9.20. The molecule has 15 heavy (non-hydrogen) atoms. The fourth-order valence-corrected chi connectivity index (χ4v) is 1.11. The summed E-state index contributed by atoms with van der Waals surface area (Å²) in [5, 5.41) is 0. The van der Waals surface area contributed by atoms with Gasteiger partial charge in [-0.05, 0) is 12.1 Å². The lowest BCUT2D eigenvalue weighted by Crippen LogP contribution is -2.34. The molecular weight excluding hydrogens is 214 g/mol. The van der Waals surface area contributed by atoms with E-state index in [1.807, 2.05) is 18.2 Å². The van der Waals surface area contributed by atoms with Crippen molar-refractivity contribution in [2.24, 2.45) is 5.73 Å². The number of halogens is 1. The third kappa shape index (κ3) is 4.76. The second-order valence-corrected chi connectivity index (χ2v) is 3.09. The molecule has 4 nitrogen and oxygen atoms in total. The number of aromatic nitrogens is 1. The summed E-state index contributed by atoms with van der Waals surface area (Å²) in [5.41, 5.74) is 6.23. The Morgan fingerprint density at radius 2 is 2.27 bits per heavy atom. The molecule has 84 valence electrons. The lowest BCUT2D eigenvalue weighted by molar-refractivity contribution is -0.128. The first-order valence-electron chi connectivity index (χ1n) is 4.58. The van der Waals surface area contributed by atoms with Crippen LogP contribution in [0.3, 0.4) is 0 Å². The number of carbonyl (C=O) groups is 1. The molecule has 1 amide bonds. The van der Waals surface area contributed by atoms with Crippen LogP contribution < -0.4 is 5.73 Å². The highest BCUT2D eigenvalue weighted by Crippen LogP contribution is 1.96. The molecule has 0 unspecified atom stereocenters. The number of rotatable bonds is 4. The lowest BCUT2D eigenvalue weighted by Gasteiger charge is -2.15. The van der Waals surface area contributed by atoms with Crippen LogP contribution in [0.25, 0.3) is 0 Å². The Bertz CT molecular complexity index is 292. The van der Waals surface area contributed by atoms with Gasteiger partial charge in [0.05, 0.1) is 6.54 Å². The topological polar surface area (TPSA) is 59.2 Å². The summed E-state index contributed by atoms with van der Waals surface area (Å²) in [6.45, 7) is 0.728. The number of hydrogen-bond acceptors (Lipinski definition) is 3. The summed E-state index contributed by atoms with van der Waals surface area (Å²) in [6.07, 6.45) is 2.52. The van der Waals surface area contributed by atoms with E-state index in [1.165, 1.54) is 0 Å². The number of pyridine rings is 1. The second kappa shape index (κ2) is 7.20. The highest BCUT2D eigenvalue weighted by atomic mass is 35.5. The van der Waals surface area contributed by atoms with Crippen molar-refractivity contribution in [3.8, 4) is 0 Å². The monoisotopic (exact) mass is 229 g/mol. The van der Waals surface area contributed by atoms with Crippen molar-refractivity contribution in [1.82, 2.24) is 9.88 Å². The highest BCUT2D eigenvalue weighted by Gasteiger charge is 2.05. The van der Waals surface area contributed by atoms with Crippen LogP contribution in [0.15, 0.2) is 24.4 Å². The second-order valence-electron chi connectivity index (χ2n) is 3.09. The molecule has 0 aliphatic heterocycles. The lowest BCUT2D eigenvalue weighted by atomic mass is 10.2. The fourth-order valence-electron chi connectivity index (χ4n) is 1.11. The maximum Gasteiger partial charge on any atom is 0.236 e. The van der Waals surface area contributed by atoms with E-state index in [4.69, 9.17) is 5.73 Å². The van der Waals surface area contributed by atoms with Gasteiger partial charge in [-0.2, -0.15) is 0 Å². The molecule has 0 aliphatic rings. The Kier molecular flexibility index (Phi) is 6.66. The zero-order valence-corrected chi connectivity index (χ0v) is 9.54. The van der Waals surface area contributed by atoms with E-state index in [0.717, 1.165) is 12.1 Å². The number of likely N-dealkylation sites (N-methyl/N-ethyl adjacent to an activating group) is 1. The smallest absolute Gasteiger partial charge is 0.236 e. The van der Waals surface area contributed by atoms with Crippen LogP contribution in [0.4, 0.5) is 0 Å². The van der Waals surface area contributed by atoms with Crippen molar-refractivity contribution in [1.29, 1.82) is 0 Å². The van der Waals surface area contributed by atoms with Gasteiger partial charge in [0.2, 0.25) is 5.91 Å². The van der Waals surface area contributed by atoms with Crippen LogP contribution in [0.5, 0.6) is 0 Å². The summed E-state index contributed by atoms with van der Waals surface area (Å²) < 4.78 is 0. The van der Waals surface area contributed by atoms with Crippen molar-refractivity contribution >= 4 is 18.3 Å². The summed E-state index contributed by atoms with van der Waals surface area (Å²) in [7, 11) is 1.75. The molecule has 2 N–H and O–H groups in total. The third-order valence-electron chi connectivity index (χ3n) is 2.03. The SMILES string of the molecule is CN(CCc1ccccn1)C(=O)CN.Cl. The van der Waals surface area contributed by atoms with Crippen LogP contribution in [0.2, 0.25) is 0 Å². The summed E-state index contributed by atoms with van der Waals surface area (Å²) >= 11 is 0. The molecule has 0 bridgehead atoms. The number of carbonyl (C=O) groups excluding carboxylic acids is 1. The Hall–Kier alpha value is -1.13. The largest absolute Gasteiger partial charge is 0.344 e. The predicted octanol–water partition coefficient (Wildman–Crippen LogP) is 0.463. The van der Waals surface area contributed by atoms with E-state index in [9.17, 15) is 4.79 Å². The fraction of sp³-hybridized carbons (Fsp3) is 0.400. The van der Waals surface area contributed by atoms with Gasteiger partial charge in [0.15, 0.2) is 0 Å². The van der Waals surface area contributed by atoms with E-state index in [2.05, 4.69) is 4.98 Å². The molecule has 0 fully saturated rings. The van der Waals surface area contributed by atoms with E-state index in [-0.39, 0.29) is 24.9 Å². The zero-order valence-electron chi connectivity index (χ0n) is 8.72. The van der Waals surface area contributed by atoms with Crippen molar-refractivity contribution in [2.75, 3.05) is 20.1 Å². The van der Waals surface area contributed by atoms with Crippen molar-refractivity contribution in [3.05, 3.63) is 30.1 Å². The molecule has 0 saturated carbocycles. The van der Waals surface area contributed by atoms with Crippen molar-refractivity contribution in [3.63, 3.8) is 0 Å².